The first-order valence-corrected chi connectivity index (χ1v) is 10.7. The Morgan fingerprint density at radius 3 is 2.61 bits per heavy atom. The molecular formula is C21H31N5OS. The molecule has 2 aromatic rings. The number of thiazole rings is 1. The molecule has 3 rings (SSSR count). The van der Waals surface area contributed by atoms with E-state index in [0.29, 0.717) is 6.04 Å². The van der Waals surface area contributed by atoms with Gasteiger partial charge in [0.25, 0.3) is 0 Å². The van der Waals surface area contributed by atoms with Crippen molar-refractivity contribution in [2.45, 2.75) is 32.2 Å². The van der Waals surface area contributed by atoms with Gasteiger partial charge in [0.15, 0.2) is 5.96 Å². The van der Waals surface area contributed by atoms with Gasteiger partial charge in [-0.25, -0.2) is 4.98 Å². The second-order valence-electron chi connectivity index (χ2n) is 7.03. The molecule has 152 valence electrons. The number of benzene rings is 1. The van der Waals surface area contributed by atoms with E-state index in [1.807, 2.05) is 25.4 Å². The SMILES string of the molecule is CN=C(NCCc1ncc(C)s1)NCC(c1ccc(OC)cc1)N1CCCC1. The van der Waals surface area contributed by atoms with E-state index in [1.54, 1.807) is 18.4 Å². The molecule has 0 radical (unpaired) electrons. The van der Waals surface area contributed by atoms with Gasteiger partial charge in [0.1, 0.15) is 5.75 Å². The van der Waals surface area contributed by atoms with E-state index >= 15 is 0 Å². The van der Waals surface area contributed by atoms with E-state index in [1.165, 1.54) is 23.3 Å². The smallest absolute Gasteiger partial charge is 0.191 e. The van der Waals surface area contributed by atoms with Gasteiger partial charge in [-0.1, -0.05) is 12.1 Å². The molecule has 1 atom stereocenters. The Balaban J connectivity index is 1.56. The highest BCUT2D eigenvalue weighted by Gasteiger charge is 2.23. The number of aromatic nitrogens is 1. The normalized spacial score (nSPS) is 16.2. The van der Waals surface area contributed by atoms with Crippen molar-refractivity contribution in [1.82, 2.24) is 20.5 Å². The standard InChI is InChI=1S/C21H31N5OS/c1-16-14-24-20(28-16)10-11-23-21(22-2)25-15-19(26-12-4-5-13-26)17-6-8-18(27-3)9-7-17/h6-9,14,19H,4-5,10-13,15H2,1-3H3,(H2,22,23,25). The summed E-state index contributed by atoms with van der Waals surface area (Å²) in [5.41, 5.74) is 1.31. The van der Waals surface area contributed by atoms with Crippen molar-refractivity contribution in [3.8, 4) is 5.75 Å². The second kappa shape index (κ2) is 10.4. The molecule has 6 nitrogen and oxygen atoms in total. The molecule has 0 amide bonds. The fourth-order valence-corrected chi connectivity index (χ4v) is 4.34. The van der Waals surface area contributed by atoms with Gasteiger partial charge in [0.05, 0.1) is 18.2 Å². The molecule has 1 saturated heterocycles. The Labute approximate surface area is 172 Å². The molecule has 0 saturated carbocycles. The van der Waals surface area contributed by atoms with Crippen LogP contribution >= 0.6 is 11.3 Å². The fourth-order valence-electron chi connectivity index (χ4n) is 3.56. The maximum Gasteiger partial charge on any atom is 0.191 e. The number of nitrogens with zero attached hydrogens (tertiary/aromatic N) is 3. The van der Waals surface area contributed by atoms with Crippen LogP contribution in [0.1, 0.15) is 34.3 Å². The summed E-state index contributed by atoms with van der Waals surface area (Å²) in [6.45, 7) is 6.03. The zero-order chi connectivity index (χ0) is 19.8. The number of methoxy groups -OCH3 is 1. The second-order valence-corrected chi connectivity index (χ2v) is 8.35. The van der Waals surface area contributed by atoms with Crippen LogP contribution in [-0.2, 0) is 6.42 Å². The van der Waals surface area contributed by atoms with Crippen LogP contribution in [0.15, 0.2) is 35.5 Å². The van der Waals surface area contributed by atoms with Crippen LogP contribution in [0.25, 0.3) is 0 Å². The Morgan fingerprint density at radius 2 is 2.00 bits per heavy atom. The predicted molar refractivity (Wildman–Crippen MR) is 116 cm³/mol. The Morgan fingerprint density at radius 1 is 1.25 bits per heavy atom. The number of hydrogen-bond donors (Lipinski definition) is 2. The van der Waals surface area contributed by atoms with Crippen LogP contribution in [-0.4, -0.2) is 56.2 Å². The van der Waals surface area contributed by atoms with E-state index in [-0.39, 0.29) is 0 Å². The summed E-state index contributed by atoms with van der Waals surface area (Å²) >= 11 is 1.75. The van der Waals surface area contributed by atoms with Gasteiger partial charge in [0.2, 0.25) is 0 Å². The Kier molecular flexibility index (Phi) is 7.68. The lowest BCUT2D eigenvalue weighted by atomic mass is 10.1. The van der Waals surface area contributed by atoms with Crippen molar-refractivity contribution in [3.63, 3.8) is 0 Å². The lowest BCUT2D eigenvalue weighted by Crippen LogP contribution is -2.43. The van der Waals surface area contributed by atoms with Crippen LogP contribution < -0.4 is 15.4 Å². The summed E-state index contributed by atoms with van der Waals surface area (Å²) in [7, 11) is 3.53. The molecule has 1 aromatic heterocycles. The van der Waals surface area contributed by atoms with Crippen molar-refractivity contribution in [2.75, 3.05) is 40.3 Å². The zero-order valence-corrected chi connectivity index (χ0v) is 17.9. The summed E-state index contributed by atoms with van der Waals surface area (Å²) in [5, 5.41) is 8.08. The first-order chi connectivity index (χ1) is 13.7. The average molecular weight is 402 g/mol. The van der Waals surface area contributed by atoms with Crippen molar-refractivity contribution >= 4 is 17.3 Å². The number of nitrogens with one attached hydrogen (secondary N) is 2. The highest BCUT2D eigenvalue weighted by Crippen LogP contribution is 2.26. The summed E-state index contributed by atoms with van der Waals surface area (Å²) in [6.07, 6.45) is 5.38. The number of aliphatic imine (C=N–C) groups is 1. The molecule has 0 bridgehead atoms. The van der Waals surface area contributed by atoms with E-state index in [2.05, 4.69) is 44.6 Å². The molecule has 1 fully saturated rings. The molecular weight excluding hydrogens is 370 g/mol. The van der Waals surface area contributed by atoms with Crippen molar-refractivity contribution in [2.24, 2.45) is 4.99 Å². The van der Waals surface area contributed by atoms with E-state index in [4.69, 9.17) is 4.74 Å². The van der Waals surface area contributed by atoms with E-state index < -0.39 is 0 Å². The predicted octanol–water partition coefficient (Wildman–Crippen LogP) is 3.00. The number of hydrogen-bond acceptors (Lipinski definition) is 5. The highest BCUT2D eigenvalue weighted by atomic mass is 32.1. The van der Waals surface area contributed by atoms with Gasteiger partial charge in [-0.05, 0) is 50.6 Å². The molecule has 1 aromatic carbocycles. The van der Waals surface area contributed by atoms with Gasteiger partial charge < -0.3 is 15.4 Å². The molecule has 28 heavy (non-hydrogen) atoms. The van der Waals surface area contributed by atoms with E-state index in [9.17, 15) is 0 Å². The maximum atomic E-state index is 5.31. The van der Waals surface area contributed by atoms with Crippen LogP contribution in [0.2, 0.25) is 0 Å². The van der Waals surface area contributed by atoms with Crippen molar-refractivity contribution < 1.29 is 4.74 Å². The maximum absolute atomic E-state index is 5.31. The molecule has 1 unspecified atom stereocenters. The van der Waals surface area contributed by atoms with Crippen LogP contribution in [0.5, 0.6) is 5.75 Å². The lowest BCUT2D eigenvalue weighted by Gasteiger charge is -2.29. The van der Waals surface area contributed by atoms with Gasteiger partial charge in [0, 0.05) is 37.6 Å². The average Bonchev–Trinajstić information content (AvgIpc) is 3.39. The summed E-state index contributed by atoms with van der Waals surface area (Å²) < 4.78 is 5.31. The first kappa shape index (κ1) is 20.6. The third-order valence-corrected chi connectivity index (χ3v) is 6.04. The van der Waals surface area contributed by atoms with Gasteiger partial charge in [-0.2, -0.15) is 0 Å². The topological polar surface area (TPSA) is 61.8 Å². The largest absolute Gasteiger partial charge is 0.497 e. The molecule has 1 aliphatic rings. The summed E-state index contributed by atoms with van der Waals surface area (Å²) in [4.78, 5) is 12.6. The van der Waals surface area contributed by atoms with Crippen molar-refractivity contribution in [3.05, 3.63) is 45.9 Å². The van der Waals surface area contributed by atoms with Gasteiger partial charge in [-0.3, -0.25) is 9.89 Å². The number of aryl methyl sites for hydroxylation is 1. The molecule has 0 spiro atoms. The summed E-state index contributed by atoms with van der Waals surface area (Å²) in [6, 6.07) is 8.76. The molecule has 1 aliphatic heterocycles. The molecule has 2 N–H and O–H groups in total. The lowest BCUT2D eigenvalue weighted by molar-refractivity contribution is 0.245. The van der Waals surface area contributed by atoms with Crippen molar-refractivity contribution in [1.29, 1.82) is 0 Å². The monoisotopic (exact) mass is 401 g/mol. The quantitative estimate of drug-likeness (QED) is 0.526. The third-order valence-electron chi connectivity index (χ3n) is 5.07. The van der Waals surface area contributed by atoms with E-state index in [0.717, 1.165) is 49.3 Å². The minimum Gasteiger partial charge on any atom is -0.497 e. The number of rotatable bonds is 8. The third kappa shape index (κ3) is 5.69. The number of likely N-dealkylation sites (tertiary alicyclic amines) is 1. The van der Waals surface area contributed by atoms with Crippen LogP contribution in [0, 0.1) is 6.92 Å². The number of guanidine groups is 1. The van der Waals surface area contributed by atoms with Gasteiger partial charge in [-0.15, -0.1) is 11.3 Å². The fraction of sp³-hybridized carbons (Fsp3) is 0.524. The van der Waals surface area contributed by atoms with Crippen LogP contribution in [0.3, 0.4) is 0 Å². The summed E-state index contributed by atoms with van der Waals surface area (Å²) in [5.74, 6) is 1.73. The number of ether oxygens (including phenoxy) is 1. The molecule has 2 heterocycles. The zero-order valence-electron chi connectivity index (χ0n) is 17.1. The Hall–Kier alpha value is -2.12. The molecule has 0 aliphatic carbocycles. The first-order valence-electron chi connectivity index (χ1n) is 9.93. The van der Waals surface area contributed by atoms with Crippen LogP contribution in [0.4, 0.5) is 0 Å². The minimum absolute atomic E-state index is 0.327. The highest BCUT2D eigenvalue weighted by molar-refractivity contribution is 7.11. The minimum atomic E-state index is 0.327. The molecule has 7 heteroatoms. The Bertz CT molecular complexity index is 752. The van der Waals surface area contributed by atoms with Gasteiger partial charge >= 0.3 is 0 Å².